The van der Waals surface area contributed by atoms with Gasteiger partial charge in [0, 0.05) is 10.9 Å². The maximum absolute atomic E-state index is 12.1. The van der Waals surface area contributed by atoms with E-state index in [2.05, 4.69) is 26.5 Å². The monoisotopic (exact) mass is 440 g/mol. The minimum atomic E-state index is -0.383. The highest BCUT2D eigenvalue weighted by atomic mass is 79.9. The van der Waals surface area contributed by atoms with Crippen LogP contribution in [0, 0.1) is 13.8 Å². The summed E-state index contributed by atoms with van der Waals surface area (Å²) in [7, 11) is 0. The fourth-order valence-corrected chi connectivity index (χ4v) is 3.80. The predicted molar refractivity (Wildman–Crippen MR) is 115 cm³/mol. The summed E-state index contributed by atoms with van der Waals surface area (Å²) in [4.78, 5) is 12.1. The number of aromatic hydroxyl groups is 1. The van der Waals surface area contributed by atoms with Gasteiger partial charge in [-0.3, -0.25) is 4.79 Å². The van der Waals surface area contributed by atoms with Crippen molar-refractivity contribution >= 4 is 38.3 Å². The van der Waals surface area contributed by atoms with Crippen LogP contribution in [-0.2, 0) is 4.79 Å². The number of amides is 1. The second-order valence-electron chi connectivity index (χ2n) is 6.60. The lowest BCUT2D eigenvalue weighted by Gasteiger charge is -2.12. The number of ether oxygens (including phenoxy) is 1. The zero-order valence-electron chi connectivity index (χ0n) is 15.9. The minimum absolute atomic E-state index is 0.143. The van der Waals surface area contributed by atoms with E-state index in [-0.39, 0.29) is 18.3 Å². The molecule has 0 atom stereocenters. The van der Waals surface area contributed by atoms with Crippen molar-refractivity contribution in [3.8, 4) is 11.5 Å². The standard InChI is InChI=1S/C22H21BrN2O3/c1-13-10-14(2)22(19(23)11-13)28-12-20(26)25-24-15(3)17-9-8-16-6-4-5-7-18(16)21(17)27/h4-11,27H,12H2,1-3H3,(H,25,26)/b24-15+. The molecule has 3 aromatic carbocycles. The molecule has 0 aliphatic carbocycles. The first-order chi connectivity index (χ1) is 13.4. The number of hydrogen-bond acceptors (Lipinski definition) is 4. The molecule has 1 amide bonds. The number of nitrogens with zero attached hydrogens (tertiary/aromatic N) is 1. The molecule has 0 aliphatic heterocycles. The Kier molecular flexibility index (Phi) is 5.99. The molecule has 0 unspecified atom stereocenters. The lowest BCUT2D eigenvalue weighted by molar-refractivity contribution is -0.123. The van der Waals surface area contributed by atoms with Crippen LogP contribution in [0.5, 0.6) is 11.5 Å². The lowest BCUT2D eigenvalue weighted by atomic mass is 10.0. The number of phenolic OH excluding ortho intramolecular Hbond substituents is 1. The molecule has 2 N–H and O–H groups in total. The van der Waals surface area contributed by atoms with Gasteiger partial charge in [-0.25, -0.2) is 5.43 Å². The largest absolute Gasteiger partial charge is 0.507 e. The van der Waals surface area contributed by atoms with Crippen LogP contribution in [0.1, 0.15) is 23.6 Å². The van der Waals surface area contributed by atoms with E-state index in [4.69, 9.17) is 4.74 Å². The van der Waals surface area contributed by atoms with Crippen molar-refractivity contribution in [1.29, 1.82) is 0 Å². The smallest absolute Gasteiger partial charge is 0.277 e. The van der Waals surface area contributed by atoms with Gasteiger partial charge >= 0.3 is 0 Å². The maximum Gasteiger partial charge on any atom is 0.277 e. The fourth-order valence-electron chi connectivity index (χ4n) is 3.01. The number of halogens is 1. The van der Waals surface area contributed by atoms with E-state index in [1.807, 2.05) is 56.3 Å². The molecule has 6 heteroatoms. The summed E-state index contributed by atoms with van der Waals surface area (Å²) >= 11 is 3.46. The molecule has 0 bridgehead atoms. The van der Waals surface area contributed by atoms with E-state index < -0.39 is 0 Å². The maximum atomic E-state index is 12.1. The van der Waals surface area contributed by atoms with Crippen LogP contribution in [0.25, 0.3) is 10.8 Å². The van der Waals surface area contributed by atoms with Gasteiger partial charge in [0.25, 0.3) is 5.91 Å². The Morgan fingerprint density at radius 3 is 2.68 bits per heavy atom. The summed E-state index contributed by atoms with van der Waals surface area (Å²) in [5.74, 6) is 0.393. The average Bonchev–Trinajstić information content (AvgIpc) is 2.65. The quantitative estimate of drug-likeness (QED) is 0.440. The SMILES string of the molecule is C/C(=N\NC(=O)COc1c(C)cc(C)cc1Br)c1ccc2ccccc2c1O. The van der Waals surface area contributed by atoms with Crippen LogP contribution in [0.2, 0.25) is 0 Å². The van der Waals surface area contributed by atoms with Crippen LogP contribution in [0.3, 0.4) is 0 Å². The van der Waals surface area contributed by atoms with Crippen molar-refractivity contribution in [3.63, 3.8) is 0 Å². The Hall–Kier alpha value is -2.86. The molecule has 144 valence electrons. The first kappa shape index (κ1) is 19.9. The molecular weight excluding hydrogens is 420 g/mol. The first-order valence-corrected chi connectivity index (χ1v) is 9.60. The molecule has 0 fully saturated rings. The summed E-state index contributed by atoms with van der Waals surface area (Å²) < 4.78 is 6.43. The Bertz CT molecular complexity index is 1050. The third-order valence-corrected chi connectivity index (χ3v) is 4.95. The molecule has 3 rings (SSSR count). The zero-order valence-corrected chi connectivity index (χ0v) is 17.5. The summed E-state index contributed by atoms with van der Waals surface area (Å²) in [5, 5.41) is 16.3. The number of hydrogen-bond donors (Lipinski definition) is 2. The van der Waals surface area contributed by atoms with Crippen LogP contribution >= 0.6 is 15.9 Å². The Morgan fingerprint density at radius 2 is 1.93 bits per heavy atom. The number of fused-ring (bicyclic) bond motifs is 1. The van der Waals surface area contributed by atoms with Gasteiger partial charge < -0.3 is 9.84 Å². The van der Waals surface area contributed by atoms with Gasteiger partial charge in [-0.2, -0.15) is 5.10 Å². The lowest BCUT2D eigenvalue weighted by Crippen LogP contribution is -2.25. The Labute approximate surface area is 172 Å². The van der Waals surface area contributed by atoms with E-state index in [9.17, 15) is 9.90 Å². The Balaban J connectivity index is 1.68. The number of benzene rings is 3. The minimum Gasteiger partial charge on any atom is -0.507 e. The van der Waals surface area contributed by atoms with Crippen molar-refractivity contribution in [1.82, 2.24) is 5.43 Å². The molecule has 0 radical (unpaired) electrons. The van der Waals surface area contributed by atoms with Gasteiger partial charge in [-0.05, 0) is 65.3 Å². The number of rotatable bonds is 5. The number of carbonyl (C=O) groups is 1. The summed E-state index contributed by atoms with van der Waals surface area (Å²) in [5.41, 5.74) is 5.60. The first-order valence-electron chi connectivity index (χ1n) is 8.80. The Morgan fingerprint density at radius 1 is 1.18 bits per heavy atom. The van der Waals surface area contributed by atoms with Crippen LogP contribution in [-0.4, -0.2) is 23.3 Å². The van der Waals surface area contributed by atoms with E-state index >= 15 is 0 Å². The topological polar surface area (TPSA) is 70.9 Å². The number of phenols is 1. The van der Waals surface area contributed by atoms with Crippen molar-refractivity contribution in [2.75, 3.05) is 6.61 Å². The van der Waals surface area contributed by atoms with Crippen LogP contribution < -0.4 is 10.2 Å². The molecule has 0 heterocycles. The average molecular weight is 441 g/mol. The second-order valence-corrected chi connectivity index (χ2v) is 7.45. The van der Waals surface area contributed by atoms with Crippen molar-refractivity contribution < 1.29 is 14.6 Å². The third kappa shape index (κ3) is 4.34. The van der Waals surface area contributed by atoms with Crippen molar-refractivity contribution in [2.45, 2.75) is 20.8 Å². The molecule has 0 aromatic heterocycles. The number of hydrazone groups is 1. The number of carbonyl (C=O) groups excluding carboxylic acids is 1. The molecular formula is C22H21BrN2O3. The normalized spacial score (nSPS) is 11.5. The van der Waals surface area contributed by atoms with Gasteiger partial charge in [0.1, 0.15) is 11.5 Å². The predicted octanol–water partition coefficient (Wildman–Crippen LogP) is 4.84. The number of nitrogens with one attached hydrogen (secondary N) is 1. The van der Waals surface area contributed by atoms with Crippen molar-refractivity contribution in [3.05, 3.63) is 69.7 Å². The second kappa shape index (κ2) is 8.44. The zero-order chi connectivity index (χ0) is 20.3. The molecule has 0 aliphatic rings. The fraction of sp³-hybridized carbons (Fsp3) is 0.182. The highest BCUT2D eigenvalue weighted by Gasteiger charge is 2.11. The number of aryl methyl sites for hydroxylation is 2. The van der Waals surface area contributed by atoms with Crippen LogP contribution in [0.4, 0.5) is 0 Å². The van der Waals surface area contributed by atoms with Gasteiger partial charge in [-0.15, -0.1) is 0 Å². The van der Waals surface area contributed by atoms with Crippen LogP contribution in [0.15, 0.2) is 58.1 Å². The van der Waals surface area contributed by atoms with Gasteiger partial charge in [-0.1, -0.05) is 36.4 Å². The molecule has 0 saturated carbocycles. The molecule has 3 aromatic rings. The van der Waals surface area contributed by atoms with Gasteiger partial charge in [0.15, 0.2) is 6.61 Å². The molecule has 28 heavy (non-hydrogen) atoms. The van der Waals surface area contributed by atoms with E-state index in [1.54, 1.807) is 13.0 Å². The van der Waals surface area contributed by atoms with Gasteiger partial charge in [0.05, 0.1) is 10.2 Å². The molecule has 0 spiro atoms. The van der Waals surface area contributed by atoms with E-state index in [1.165, 1.54) is 0 Å². The third-order valence-electron chi connectivity index (χ3n) is 4.36. The summed E-state index contributed by atoms with van der Waals surface area (Å²) in [6.45, 7) is 5.48. The highest BCUT2D eigenvalue weighted by molar-refractivity contribution is 9.10. The van der Waals surface area contributed by atoms with Gasteiger partial charge in [0.2, 0.25) is 0 Å². The van der Waals surface area contributed by atoms with Crippen molar-refractivity contribution in [2.24, 2.45) is 5.10 Å². The molecule has 5 nitrogen and oxygen atoms in total. The highest BCUT2D eigenvalue weighted by Crippen LogP contribution is 2.30. The van der Waals surface area contributed by atoms with E-state index in [0.717, 1.165) is 26.4 Å². The summed E-state index contributed by atoms with van der Waals surface area (Å²) in [6.07, 6.45) is 0. The summed E-state index contributed by atoms with van der Waals surface area (Å²) in [6, 6.07) is 15.2. The van der Waals surface area contributed by atoms with E-state index in [0.29, 0.717) is 17.0 Å². The molecule has 0 saturated heterocycles.